The molecule has 1 unspecified atom stereocenters. The third-order valence-corrected chi connectivity index (χ3v) is 6.43. The van der Waals surface area contributed by atoms with Crippen LogP contribution in [-0.4, -0.2) is 37.3 Å². The van der Waals surface area contributed by atoms with E-state index in [0.29, 0.717) is 22.8 Å². The molecule has 0 spiro atoms. The number of nitrogens with zero attached hydrogens (tertiary/aromatic N) is 2. The number of carboxylic acids is 1. The molecule has 0 saturated carbocycles. The molecule has 1 heterocycles. The molecule has 0 amide bonds. The van der Waals surface area contributed by atoms with Crippen molar-refractivity contribution in [2.75, 3.05) is 25.6 Å². The van der Waals surface area contributed by atoms with Crippen LogP contribution >= 0.6 is 0 Å². The van der Waals surface area contributed by atoms with Crippen LogP contribution in [0.4, 0.5) is 17.1 Å². The zero-order valence-electron chi connectivity index (χ0n) is 20.6. The van der Waals surface area contributed by atoms with Crippen LogP contribution in [0.15, 0.2) is 59.2 Å². The summed E-state index contributed by atoms with van der Waals surface area (Å²) >= 11 is 0. The van der Waals surface area contributed by atoms with Gasteiger partial charge in [-0.3, -0.25) is 5.32 Å². The molecule has 2 aromatic carbocycles. The van der Waals surface area contributed by atoms with Crippen molar-refractivity contribution >= 4 is 29.0 Å². The zero-order valence-corrected chi connectivity index (χ0v) is 20.6. The molecule has 0 aromatic heterocycles. The lowest BCUT2D eigenvalue weighted by Gasteiger charge is -2.39. The SMILES string of the molecule is CCOc1ccc(NC2=Nc3cc(OCC(=O)O)ccc3[N+]2(C)C2=CC(C)(C)C[C@@H](C)C2)cc1. The summed E-state index contributed by atoms with van der Waals surface area (Å²) in [4.78, 5) is 15.9. The van der Waals surface area contributed by atoms with E-state index in [1.807, 2.05) is 49.4 Å². The van der Waals surface area contributed by atoms with E-state index in [9.17, 15) is 4.79 Å². The number of allylic oxidation sites excluding steroid dienone is 2. The Morgan fingerprint density at radius 3 is 2.53 bits per heavy atom. The van der Waals surface area contributed by atoms with Gasteiger partial charge in [-0.15, -0.1) is 0 Å². The van der Waals surface area contributed by atoms with E-state index in [2.05, 4.69) is 39.2 Å². The third kappa shape index (κ3) is 4.80. The fourth-order valence-corrected chi connectivity index (χ4v) is 5.10. The maximum absolute atomic E-state index is 10.9. The number of anilines is 1. The molecule has 34 heavy (non-hydrogen) atoms. The maximum Gasteiger partial charge on any atom is 0.341 e. The lowest BCUT2D eigenvalue weighted by Crippen LogP contribution is -2.52. The number of hydrogen-bond donors (Lipinski definition) is 2. The van der Waals surface area contributed by atoms with Crippen LogP contribution in [0.1, 0.15) is 40.5 Å². The number of hydrogen-bond acceptors (Lipinski definition) is 5. The van der Waals surface area contributed by atoms with Gasteiger partial charge in [-0.25, -0.2) is 4.79 Å². The Bertz CT molecular complexity index is 1140. The number of aliphatic carboxylic acids is 1. The normalized spacial score (nSPS) is 22.9. The highest BCUT2D eigenvalue weighted by Crippen LogP contribution is 2.49. The van der Waals surface area contributed by atoms with Crippen LogP contribution in [-0.2, 0) is 4.79 Å². The molecule has 2 aromatic rings. The second-order valence-electron chi connectivity index (χ2n) is 9.99. The molecule has 0 radical (unpaired) electrons. The standard InChI is InChI=1S/C27H33N3O4/c1-6-33-21-9-7-19(8-10-21)28-26-29-23-14-22(34-17-25(31)32)11-12-24(23)30(26,5)20-13-18(2)15-27(3,4)16-20/h7-12,14,16,18H,6,13,15,17H2,1-5H3,(H-,28,29,31,32)/p+1/t18-,30?/m0/s1. The summed E-state index contributed by atoms with van der Waals surface area (Å²) in [6.07, 6.45) is 4.51. The van der Waals surface area contributed by atoms with Crippen molar-refractivity contribution in [3.05, 3.63) is 54.2 Å². The van der Waals surface area contributed by atoms with Crippen molar-refractivity contribution < 1.29 is 19.4 Å². The van der Waals surface area contributed by atoms with Crippen LogP contribution < -0.4 is 19.3 Å². The van der Waals surface area contributed by atoms with Gasteiger partial charge in [0.15, 0.2) is 12.3 Å². The van der Waals surface area contributed by atoms with Gasteiger partial charge in [0, 0.05) is 24.2 Å². The number of rotatable bonds is 7. The number of quaternary nitrogens is 1. The minimum atomic E-state index is -1.01. The quantitative estimate of drug-likeness (QED) is 0.496. The summed E-state index contributed by atoms with van der Waals surface area (Å²) in [5.41, 5.74) is 4.11. The van der Waals surface area contributed by atoms with Crippen molar-refractivity contribution in [2.24, 2.45) is 16.3 Å². The van der Waals surface area contributed by atoms with Gasteiger partial charge in [-0.05, 0) is 61.1 Å². The molecule has 4 rings (SSSR count). The van der Waals surface area contributed by atoms with Gasteiger partial charge in [-0.2, -0.15) is 9.48 Å². The molecule has 7 nitrogen and oxygen atoms in total. The molecule has 2 atom stereocenters. The first kappa shape index (κ1) is 23.8. The van der Waals surface area contributed by atoms with E-state index in [4.69, 9.17) is 19.6 Å². The fourth-order valence-electron chi connectivity index (χ4n) is 5.10. The topological polar surface area (TPSA) is 80.1 Å². The second kappa shape index (κ2) is 9.14. The van der Waals surface area contributed by atoms with Crippen LogP contribution in [0.3, 0.4) is 0 Å². The van der Waals surface area contributed by atoms with Crippen LogP contribution in [0.5, 0.6) is 11.5 Å². The third-order valence-electron chi connectivity index (χ3n) is 6.43. The molecule has 180 valence electrons. The molecular formula is C27H34N3O4+. The first-order valence-electron chi connectivity index (χ1n) is 11.8. The summed E-state index contributed by atoms with van der Waals surface area (Å²) in [6.45, 7) is 9.07. The summed E-state index contributed by atoms with van der Waals surface area (Å²) in [5, 5.41) is 12.5. The predicted molar refractivity (Wildman–Crippen MR) is 136 cm³/mol. The molecule has 1 aliphatic carbocycles. The summed E-state index contributed by atoms with van der Waals surface area (Å²) in [6, 6.07) is 13.5. The largest absolute Gasteiger partial charge is 0.494 e. The van der Waals surface area contributed by atoms with E-state index in [1.165, 1.54) is 5.70 Å². The van der Waals surface area contributed by atoms with E-state index in [1.54, 1.807) is 0 Å². The summed E-state index contributed by atoms with van der Waals surface area (Å²) < 4.78 is 11.4. The molecule has 0 bridgehead atoms. The van der Waals surface area contributed by atoms with E-state index < -0.39 is 5.97 Å². The van der Waals surface area contributed by atoms with Gasteiger partial charge in [0.05, 0.1) is 13.7 Å². The molecule has 0 fully saturated rings. The van der Waals surface area contributed by atoms with Gasteiger partial charge in [0.2, 0.25) is 0 Å². The average Bonchev–Trinajstić information content (AvgIpc) is 3.04. The van der Waals surface area contributed by atoms with Crippen molar-refractivity contribution in [1.29, 1.82) is 0 Å². The highest BCUT2D eigenvalue weighted by molar-refractivity contribution is 6.10. The van der Waals surface area contributed by atoms with Gasteiger partial charge in [0.25, 0.3) is 0 Å². The molecular weight excluding hydrogens is 430 g/mol. The minimum Gasteiger partial charge on any atom is -0.494 e. The van der Waals surface area contributed by atoms with E-state index in [0.717, 1.165) is 41.6 Å². The van der Waals surface area contributed by atoms with Crippen molar-refractivity contribution in [3.63, 3.8) is 0 Å². The summed E-state index contributed by atoms with van der Waals surface area (Å²) in [7, 11) is 2.17. The Morgan fingerprint density at radius 1 is 1.18 bits per heavy atom. The second-order valence-corrected chi connectivity index (χ2v) is 9.99. The Labute approximate surface area is 201 Å². The van der Waals surface area contributed by atoms with Crippen LogP contribution in [0.25, 0.3) is 0 Å². The number of ether oxygens (including phenoxy) is 2. The molecule has 1 aliphatic heterocycles. The lowest BCUT2D eigenvalue weighted by atomic mass is 9.76. The number of nitrogens with one attached hydrogen (secondary N) is 1. The fraction of sp³-hybridized carbons (Fsp3) is 0.407. The number of benzene rings is 2. The lowest BCUT2D eigenvalue weighted by molar-refractivity contribution is -0.139. The van der Waals surface area contributed by atoms with Gasteiger partial charge in [0.1, 0.15) is 22.9 Å². The Kier molecular flexibility index (Phi) is 6.41. The monoisotopic (exact) mass is 464 g/mol. The number of aliphatic imine (C=N–C) groups is 1. The smallest absolute Gasteiger partial charge is 0.341 e. The number of carbonyl (C=O) groups is 1. The number of carboxylic acid groups (broad SMARTS) is 1. The maximum atomic E-state index is 10.9. The van der Waals surface area contributed by atoms with Crippen molar-refractivity contribution in [3.8, 4) is 11.5 Å². The number of fused-ring (bicyclic) bond motifs is 1. The first-order valence-corrected chi connectivity index (χ1v) is 11.8. The highest BCUT2D eigenvalue weighted by Gasteiger charge is 2.47. The van der Waals surface area contributed by atoms with E-state index >= 15 is 0 Å². The highest BCUT2D eigenvalue weighted by atomic mass is 16.5. The number of guanidine groups is 1. The first-order chi connectivity index (χ1) is 16.1. The molecule has 0 saturated heterocycles. The Balaban J connectivity index is 1.74. The predicted octanol–water partition coefficient (Wildman–Crippen LogP) is 5.94. The molecule has 2 aliphatic rings. The van der Waals surface area contributed by atoms with Crippen molar-refractivity contribution in [1.82, 2.24) is 4.48 Å². The minimum absolute atomic E-state index is 0.0891. The Morgan fingerprint density at radius 2 is 1.88 bits per heavy atom. The summed E-state index contributed by atoms with van der Waals surface area (Å²) in [5.74, 6) is 1.66. The average molecular weight is 465 g/mol. The van der Waals surface area contributed by atoms with Gasteiger partial charge >= 0.3 is 11.9 Å². The van der Waals surface area contributed by atoms with Gasteiger partial charge < -0.3 is 14.6 Å². The Hall–Kier alpha value is -3.32. The van der Waals surface area contributed by atoms with Crippen LogP contribution in [0.2, 0.25) is 0 Å². The van der Waals surface area contributed by atoms with E-state index in [-0.39, 0.29) is 12.0 Å². The molecule has 7 heteroatoms. The van der Waals surface area contributed by atoms with Crippen LogP contribution in [0, 0.1) is 11.3 Å². The molecule has 2 N–H and O–H groups in total. The van der Waals surface area contributed by atoms with Crippen molar-refractivity contribution in [2.45, 2.75) is 40.5 Å². The zero-order chi connectivity index (χ0) is 24.5. The van der Waals surface area contributed by atoms with Gasteiger partial charge in [-0.1, -0.05) is 20.8 Å².